The van der Waals surface area contributed by atoms with Gasteiger partial charge in [0.05, 0.1) is 13.2 Å². The number of carbonyl (C=O) groups excluding carboxylic acids is 1. The molecule has 0 aliphatic heterocycles. The Bertz CT molecular complexity index is 1260. The molecule has 2 aromatic heterocycles. The molecule has 2 heterocycles. The third-order valence-corrected chi connectivity index (χ3v) is 4.83. The van der Waals surface area contributed by atoms with Crippen molar-refractivity contribution in [3.8, 4) is 17.2 Å². The van der Waals surface area contributed by atoms with Crippen LogP contribution in [0, 0.1) is 0 Å². The molecule has 12 heteroatoms. The average molecular weight is 495 g/mol. The first-order valence-corrected chi connectivity index (χ1v) is 10.5. The predicted octanol–water partition coefficient (Wildman–Crippen LogP) is 5.59. The van der Waals surface area contributed by atoms with Crippen LogP contribution in [0.3, 0.4) is 0 Å². The van der Waals surface area contributed by atoms with Crippen molar-refractivity contribution in [1.29, 1.82) is 0 Å². The van der Waals surface area contributed by atoms with Crippen LogP contribution in [0.5, 0.6) is 5.75 Å². The van der Waals surface area contributed by atoms with Crippen molar-refractivity contribution in [3.63, 3.8) is 0 Å². The van der Waals surface area contributed by atoms with Crippen molar-refractivity contribution in [1.82, 2.24) is 15.3 Å². The van der Waals surface area contributed by atoms with E-state index in [0.29, 0.717) is 0 Å². The van der Waals surface area contributed by atoms with Gasteiger partial charge in [-0.05, 0) is 51.5 Å². The minimum atomic E-state index is -4.68. The summed E-state index contributed by atoms with van der Waals surface area (Å²) < 4.78 is 55.8. The van der Waals surface area contributed by atoms with Crippen LogP contribution >= 0.6 is 0 Å². The van der Waals surface area contributed by atoms with Crippen LogP contribution in [-0.4, -0.2) is 39.8 Å². The number of carbonyl (C=O) groups is 2. The number of amides is 1. The monoisotopic (exact) mass is 495 g/mol. The highest BCUT2D eigenvalue weighted by Gasteiger charge is 2.34. The molecular weight excluding hydrogens is 471 g/mol. The van der Waals surface area contributed by atoms with Gasteiger partial charge in [0.25, 0.3) is 0 Å². The van der Waals surface area contributed by atoms with E-state index in [1.54, 1.807) is 27.7 Å². The van der Waals surface area contributed by atoms with E-state index >= 15 is 0 Å². The summed E-state index contributed by atoms with van der Waals surface area (Å²) in [6.45, 7) is 6.72. The number of rotatable bonds is 6. The van der Waals surface area contributed by atoms with Crippen LogP contribution < -0.4 is 10.1 Å². The van der Waals surface area contributed by atoms with Crippen LogP contribution in [0.25, 0.3) is 22.4 Å². The number of nitrogens with one attached hydrogen (secondary N) is 1. The first-order valence-electron chi connectivity index (χ1n) is 10.5. The van der Waals surface area contributed by atoms with Crippen molar-refractivity contribution >= 4 is 23.0 Å². The standard InChI is InChI=1S/C23H24F3N3O6/c1-6-13(27-21(32)35-22(2,3)4)18-17(20(30)31)29-19(34-18)12-7-9-14(33-5)16-11(12)8-10-15(28-16)23(24,25)26/h7-10,13H,6H2,1-5H3,(H,27,32)(H,30,31)/t13-/m0/s1. The Morgan fingerprint density at radius 3 is 2.37 bits per heavy atom. The summed E-state index contributed by atoms with van der Waals surface area (Å²) in [5, 5.41) is 12.5. The smallest absolute Gasteiger partial charge is 0.433 e. The third-order valence-electron chi connectivity index (χ3n) is 4.83. The predicted molar refractivity (Wildman–Crippen MR) is 118 cm³/mol. The molecule has 0 unspecified atom stereocenters. The number of ether oxygens (including phenoxy) is 2. The van der Waals surface area contributed by atoms with Gasteiger partial charge < -0.3 is 24.3 Å². The molecule has 0 aliphatic carbocycles. The molecule has 0 radical (unpaired) electrons. The van der Waals surface area contributed by atoms with Gasteiger partial charge in [-0.3, -0.25) is 0 Å². The van der Waals surface area contributed by atoms with Crippen molar-refractivity contribution in [2.24, 2.45) is 0 Å². The molecule has 0 spiro atoms. The van der Waals surface area contributed by atoms with E-state index in [1.807, 2.05) is 0 Å². The second-order valence-corrected chi connectivity index (χ2v) is 8.55. The Labute approximate surface area is 198 Å². The van der Waals surface area contributed by atoms with Gasteiger partial charge in [0.1, 0.15) is 22.6 Å². The number of alkyl halides is 3. The molecule has 0 saturated carbocycles. The number of aromatic carboxylic acids is 1. The number of carboxylic acid groups (broad SMARTS) is 1. The molecule has 0 saturated heterocycles. The van der Waals surface area contributed by atoms with Crippen molar-refractivity contribution in [2.75, 3.05) is 7.11 Å². The van der Waals surface area contributed by atoms with E-state index in [0.717, 1.165) is 6.07 Å². The second-order valence-electron chi connectivity index (χ2n) is 8.55. The highest BCUT2D eigenvalue weighted by atomic mass is 19.4. The van der Waals surface area contributed by atoms with Gasteiger partial charge in [0.2, 0.25) is 5.89 Å². The summed E-state index contributed by atoms with van der Waals surface area (Å²) in [5.41, 5.74) is -2.26. The first-order chi connectivity index (χ1) is 16.2. The fourth-order valence-corrected chi connectivity index (χ4v) is 3.34. The van der Waals surface area contributed by atoms with E-state index in [9.17, 15) is 27.9 Å². The number of oxazole rings is 1. The topological polar surface area (TPSA) is 124 Å². The zero-order chi connectivity index (χ0) is 26.1. The maximum Gasteiger partial charge on any atom is 0.433 e. The molecule has 1 amide bonds. The number of aromatic nitrogens is 2. The molecule has 1 atom stereocenters. The molecule has 0 fully saturated rings. The van der Waals surface area contributed by atoms with E-state index in [4.69, 9.17) is 13.9 Å². The Hall–Kier alpha value is -3.83. The molecule has 35 heavy (non-hydrogen) atoms. The normalized spacial score (nSPS) is 12.9. The average Bonchev–Trinajstić information content (AvgIpc) is 3.19. The van der Waals surface area contributed by atoms with Gasteiger partial charge in [0, 0.05) is 10.9 Å². The van der Waals surface area contributed by atoms with E-state index in [2.05, 4.69) is 15.3 Å². The van der Waals surface area contributed by atoms with Gasteiger partial charge in [-0.25, -0.2) is 19.6 Å². The number of fused-ring (bicyclic) bond motifs is 1. The van der Waals surface area contributed by atoms with Gasteiger partial charge in [-0.2, -0.15) is 13.2 Å². The summed E-state index contributed by atoms with van der Waals surface area (Å²) >= 11 is 0. The van der Waals surface area contributed by atoms with Crippen molar-refractivity contribution in [3.05, 3.63) is 41.4 Å². The van der Waals surface area contributed by atoms with E-state index in [1.165, 1.54) is 25.3 Å². The third kappa shape index (κ3) is 5.64. The molecule has 188 valence electrons. The Balaban J connectivity index is 2.12. The maximum atomic E-state index is 13.2. The van der Waals surface area contributed by atoms with E-state index < -0.39 is 41.3 Å². The number of alkyl carbamates (subject to hydrolysis) is 1. The van der Waals surface area contributed by atoms with Gasteiger partial charge in [0.15, 0.2) is 11.5 Å². The fourth-order valence-electron chi connectivity index (χ4n) is 3.34. The Morgan fingerprint density at radius 1 is 1.14 bits per heavy atom. The van der Waals surface area contributed by atoms with Crippen LogP contribution in [0.1, 0.15) is 62.1 Å². The first kappa shape index (κ1) is 25.8. The highest BCUT2D eigenvalue weighted by molar-refractivity contribution is 5.97. The minimum Gasteiger partial charge on any atom is -0.494 e. The fraction of sp³-hybridized carbons (Fsp3) is 0.391. The molecule has 0 bridgehead atoms. The number of pyridine rings is 1. The lowest BCUT2D eigenvalue weighted by Gasteiger charge is -2.22. The van der Waals surface area contributed by atoms with Crippen molar-refractivity contribution in [2.45, 2.75) is 51.9 Å². The molecule has 9 nitrogen and oxygen atoms in total. The van der Waals surface area contributed by atoms with Gasteiger partial charge >= 0.3 is 18.2 Å². The largest absolute Gasteiger partial charge is 0.494 e. The number of hydrogen-bond donors (Lipinski definition) is 2. The van der Waals surface area contributed by atoms with Crippen LogP contribution in [0.2, 0.25) is 0 Å². The Morgan fingerprint density at radius 2 is 1.83 bits per heavy atom. The number of carboxylic acids is 1. The molecule has 1 aromatic carbocycles. The quantitative estimate of drug-likeness (QED) is 0.454. The summed E-state index contributed by atoms with van der Waals surface area (Å²) in [5.74, 6) is -1.63. The number of methoxy groups -OCH3 is 1. The molecular formula is C23H24F3N3O6. The van der Waals surface area contributed by atoms with Crippen LogP contribution in [0.4, 0.5) is 18.0 Å². The molecule has 3 aromatic rings. The summed E-state index contributed by atoms with van der Waals surface area (Å²) in [7, 11) is 1.29. The highest BCUT2D eigenvalue weighted by Crippen LogP contribution is 2.37. The molecule has 0 aliphatic rings. The summed E-state index contributed by atoms with van der Waals surface area (Å²) in [6.07, 6.45) is -5.21. The maximum absolute atomic E-state index is 13.2. The Kier molecular flexibility index (Phi) is 6.95. The zero-order valence-corrected chi connectivity index (χ0v) is 19.6. The molecule has 3 rings (SSSR count). The molecule has 2 N–H and O–H groups in total. The zero-order valence-electron chi connectivity index (χ0n) is 19.6. The minimum absolute atomic E-state index is 0.0816. The lowest BCUT2D eigenvalue weighted by molar-refractivity contribution is -0.140. The second kappa shape index (κ2) is 9.43. The van der Waals surface area contributed by atoms with Crippen LogP contribution in [0.15, 0.2) is 28.7 Å². The van der Waals surface area contributed by atoms with Gasteiger partial charge in [-0.15, -0.1) is 0 Å². The number of hydrogen-bond acceptors (Lipinski definition) is 7. The number of halogens is 3. The number of nitrogens with zero attached hydrogens (tertiary/aromatic N) is 2. The van der Waals surface area contributed by atoms with Crippen LogP contribution in [-0.2, 0) is 10.9 Å². The number of benzene rings is 1. The SMILES string of the molecule is CC[C@H](NC(=O)OC(C)(C)C)c1oc(-c2ccc(OC)c3nc(C(F)(F)F)ccc23)nc1C(=O)O. The summed E-state index contributed by atoms with van der Waals surface area (Å²) in [4.78, 5) is 31.9. The lowest BCUT2D eigenvalue weighted by Crippen LogP contribution is -2.35. The van der Waals surface area contributed by atoms with E-state index in [-0.39, 0.29) is 40.3 Å². The van der Waals surface area contributed by atoms with Gasteiger partial charge in [-0.1, -0.05) is 6.92 Å². The van der Waals surface area contributed by atoms with Crippen molar-refractivity contribution < 1.29 is 41.8 Å². The summed E-state index contributed by atoms with van der Waals surface area (Å²) in [6, 6.07) is 3.94. The lowest BCUT2D eigenvalue weighted by atomic mass is 10.1.